The summed E-state index contributed by atoms with van der Waals surface area (Å²) in [4.78, 5) is 6.14. The number of oxime groups is 1. The van der Waals surface area contributed by atoms with E-state index in [1.54, 1.807) is 18.3 Å². The summed E-state index contributed by atoms with van der Waals surface area (Å²) in [6.45, 7) is 3.29. The minimum atomic E-state index is 0.0205. The number of aromatic nitrogens is 1. The second-order valence-corrected chi connectivity index (χ2v) is 3.57. The first kappa shape index (κ1) is 13.2. The van der Waals surface area contributed by atoms with Crippen LogP contribution in [0.15, 0.2) is 23.5 Å². The van der Waals surface area contributed by atoms with E-state index in [1.165, 1.54) is 0 Å². The number of nitrogens with two attached hydrogens (primary N) is 1. The molecule has 0 aromatic carbocycles. The van der Waals surface area contributed by atoms with Gasteiger partial charge in [0.2, 0.25) is 0 Å². The third-order valence-corrected chi connectivity index (χ3v) is 2.33. The summed E-state index contributed by atoms with van der Waals surface area (Å²) in [5.74, 6) is 0.644. The predicted molar refractivity (Wildman–Crippen MR) is 66.3 cm³/mol. The van der Waals surface area contributed by atoms with E-state index in [0.29, 0.717) is 17.9 Å². The third kappa shape index (κ3) is 3.32. The van der Waals surface area contributed by atoms with E-state index in [1.807, 2.05) is 11.8 Å². The van der Waals surface area contributed by atoms with Gasteiger partial charge in [0, 0.05) is 19.3 Å². The van der Waals surface area contributed by atoms with E-state index < -0.39 is 0 Å². The van der Waals surface area contributed by atoms with Crippen LogP contribution in [0.5, 0.6) is 0 Å². The van der Waals surface area contributed by atoms with Crippen molar-refractivity contribution in [2.45, 2.75) is 13.3 Å². The molecule has 1 heterocycles. The Balaban J connectivity index is 3.08. The van der Waals surface area contributed by atoms with Crippen molar-refractivity contribution in [3.8, 4) is 0 Å². The summed E-state index contributed by atoms with van der Waals surface area (Å²) in [5, 5.41) is 20.7. The highest BCUT2D eigenvalue weighted by Gasteiger charge is 2.14. The Morgan fingerprint density at radius 2 is 2.29 bits per heavy atom. The molecule has 0 radical (unpaired) electrons. The molecule has 1 aromatic rings. The van der Waals surface area contributed by atoms with Gasteiger partial charge in [0.05, 0.1) is 12.2 Å². The van der Waals surface area contributed by atoms with Crippen molar-refractivity contribution in [3.63, 3.8) is 0 Å². The Morgan fingerprint density at radius 1 is 1.53 bits per heavy atom. The fourth-order valence-electron chi connectivity index (χ4n) is 1.62. The predicted octanol–water partition coefficient (Wildman–Crippen LogP) is 0.385. The van der Waals surface area contributed by atoms with E-state index >= 15 is 0 Å². The lowest BCUT2D eigenvalue weighted by Gasteiger charge is -2.24. The molecule has 0 unspecified atom stereocenters. The van der Waals surface area contributed by atoms with Gasteiger partial charge in [-0.3, -0.25) is 0 Å². The van der Waals surface area contributed by atoms with Crippen LogP contribution in [0.4, 0.5) is 5.82 Å². The topological polar surface area (TPSA) is 95.0 Å². The molecule has 0 saturated carbocycles. The van der Waals surface area contributed by atoms with E-state index in [4.69, 9.17) is 16.0 Å². The van der Waals surface area contributed by atoms with Crippen molar-refractivity contribution < 1.29 is 10.3 Å². The van der Waals surface area contributed by atoms with Gasteiger partial charge in [-0.05, 0) is 18.6 Å². The molecule has 0 amide bonds. The molecule has 6 nitrogen and oxygen atoms in total. The average molecular weight is 238 g/mol. The molecule has 4 N–H and O–H groups in total. The summed E-state index contributed by atoms with van der Waals surface area (Å²) < 4.78 is 0. The smallest absolute Gasteiger partial charge is 0.173 e. The molecule has 6 heteroatoms. The van der Waals surface area contributed by atoms with Crippen LogP contribution in [0.3, 0.4) is 0 Å². The first-order valence-corrected chi connectivity index (χ1v) is 5.53. The van der Waals surface area contributed by atoms with Crippen LogP contribution in [0.2, 0.25) is 0 Å². The van der Waals surface area contributed by atoms with E-state index in [-0.39, 0.29) is 12.4 Å². The Morgan fingerprint density at radius 3 is 2.88 bits per heavy atom. The lowest BCUT2D eigenvalue weighted by Crippen LogP contribution is -2.31. The Kier molecular flexibility index (Phi) is 5.22. The number of anilines is 1. The van der Waals surface area contributed by atoms with Gasteiger partial charge in [-0.25, -0.2) is 4.98 Å². The molecule has 1 aromatic heterocycles. The molecule has 94 valence electrons. The normalized spacial score (nSPS) is 11.5. The zero-order chi connectivity index (χ0) is 12.7. The van der Waals surface area contributed by atoms with Gasteiger partial charge in [-0.1, -0.05) is 12.1 Å². The van der Waals surface area contributed by atoms with E-state index in [0.717, 1.165) is 13.0 Å². The molecule has 0 atom stereocenters. The second-order valence-electron chi connectivity index (χ2n) is 3.57. The highest BCUT2D eigenvalue weighted by molar-refractivity contribution is 6.01. The number of rotatable bonds is 6. The summed E-state index contributed by atoms with van der Waals surface area (Å²) in [7, 11) is 0. The number of amidine groups is 1. The maximum atomic E-state index is 9.03. The number of hydrogen-bond donors (Lipinski definition) is 3. The minimum Gasteiger partial charge on any atom is -0.409 e. The molecule has 0 bridgehead atoms. The molecule has 0 aliphatic carbocycles. The average Bonchev–Trinajstić information content (AvgIpc) is 2.37. The van der Waals surface area contributed by atoms with Crippen LogP contribution in [0.1, 0.15) is 18.9 Å². The fraction of sp³-hybridized carbons (Fsp3) is 0.455. The maximum Gasteiger partial charge on any atom is 0.173 e. The molecule has 0 aliphatic rings. The van der Waals surface area contributed by atoms with Crippen molar-refractivity contribution in [1.82, 2.24) is 4.98 Å². The first-order valence-electron chi connectivity index (χ1n) is 5.53. The molecule has 0 aliphatic heterocycles. The minimum absolute atomic E-state index is 0.0205. The Hall–Kier alpha value is -1.82. The molecular weight excluding hydrogens is 220 g/mol. The highest BCUT2D eigenvalue weighted by atomic mass is 16.4. The SMILES string of the molecule is CCCN(CCO)c1ncccc1/C(N)=N/O. The number of nitrogens with zero attached hydrogens (tertiary/aromatic N) is 3. The first-order chi connectivity index (χ1) is 8.24. The van der Waals surface area contributed by atoms with Gasteiger partial charge in [-0.2, -0.15) is 0 Å². The highest BCUT2D eigenvalue weighted by Crippen LogP contribution is 2.16. The van der Waals surface area contributed by atoms with Crippen LogP contribution in [-0.4, -0.2) is 40.8 Å². The lowest BCUT2D eigenvalue weighted by atomic mass is 10.2. The molecule has 0 saturated heterocycles. The van der Waals surface area contributed by atoms with Gasteiger partial charge in [0.25, 0.3) is 0 Å². The largest absolute Gasteiger partial charge is 0.409 e. The third-order valence-electron chi connectivity index (χ3n) is 2.33. The van der Waals surface area contributed by atoms with Gasteiger partial charge in [0.1, 0.15) is 5.82 Å². The Labute approximate surface area is 100 Å². The van der Waals surface area contributed by atoms with Crippen molar-refractivity contribution >= 4 is 11.7 Å². The van der Waals surface area contributed by atoms with E-state index in [2.05, 4.69) is 10.1 Å². The summed E-state index contributed by atoms with van der Waals surface area (Å²) in [6, 6.07) is 3.46. The van der Waals surface area contributed by atoms with Crippen molar-refractivity contribution in [2.75, 3.05) is 24.6 Å². The number of pyridine rings is 1. The molecule has 0 fully saturated rings. The molecule has 0 spiro atoms. The summed E-state index contributed by atoms with van der Waals surface area (Å²) in [6.07, 6.45) is 2.57. The van der Waals surface area contributed by atoms with Gasteiger partial charge in [-0.15, -0.1) is 0 Å². The van der Waals surface area contributed by atoms with E-state index in [9.17, 15) is 0 Å². The second kappa shape index (κ2) is 6.70. The fourth-order valence-corrected chi connectivity index (χ4v) is 1.62. The lowest BCUT2D eigenvalue weighted by molar-refractivity contribution is 0.301. The van der Waals surface area contributed by atoms with Gasteiger partial charge < -0.3 is 20.9 Å². The van der Waals surface area contributed by atoms with Crippen LogP contribution in [0.25, 0.3) is 0 Å². The van der Waals surface area contributed by atoms with Crippen molar-refractivity contribution in [2.24, 2.45) is 10.9 Å². The van der Waals surface area contributed by atoms with Crippen molar-refractivity contribution in [3.05, 3.63) is 23.9 Å². The van der Waals surface area contributed by atoms with Crippen LogP contribution in [0, 0.1) is 0 Å². The van der Waals surface area contributed by atoms with Crippen LogP contribution >= 0.6 is 0 Å². The number of aliphatic hydroxyl groups is 1. The standard InChI is InChI=1S/C11H18N4O2/c1-2-6-15(7-8-16)11-9(10(12)14-17)4-3-5-13-11/h3-5,16-17H,2,6-8H2,1H3,(H2,12,14). The van der Waals surface area contributed by atoms with Crippen molar-refractivity contribution in [1.29, 1.82) is 0 Å². The van der Waals surface area contributed by atoms with Gasteiger partial charge >= 0.3 is 0 Å². The van der Waals surface area contributed by atoms with Crippen LogP contribution < -0.4 is 10.6 Å². The van der Waals surface area contributed by atoms with Crippen LogP contribution in [-0.2, 0) is 0 Å². The zero-order valence-corrected chi connectivity index (χ0v) is 9.87. The molecule has 1 rings (SSSR count). The number of aliphatic hydroxyl groups excluding tert-OH is 1. The summed E-state index contributed by atoms with van der Waals surface area (Å²) in [5.41, 5.74) is 6.16. The quantitative estimate of drug-likeness (QED) is 0.288. The zero-order valence-electron chi connectivity index (χ0n) is 9.87. The maximum absolute atomic E-state index is 9.03. The monoisotopic (exact) mass is 238 g/mol. The summed E-state index contributed by atoms with van der Waals surface area (Å²) >= 11 is 0. The number of hydrogen-bond acceptors (Lipinski definition) is 5. The van der Waals surface area contributed by atoms with Gasteiger partial charge in [0.15, 0.2) is 5.84 Å². The Bertz CT molecular complexity index is 375. The molecular formula is C11H18N4O2. The molecule has 17 heavy (non-hydrogen) atoms.